The summed E-state index contributed by atoms with van der Waals surface area (Å²) in [6.07, 6.45) is 0.662. The summed E-state index contributed by atoms with van der Waals surface area (Å²) < 4.78 is 14.4. The normalized spacial score (nSPS) is 12.2. The molecule has 0 amide bonds. The van der Waals surface area contributed by atoms with Crippen molar-refractivity contribution in [1.82, 2.24) is 0 Å². The van der Waals surface area contributed by atoms with Crippen molar-refractivity contribution in [2.75, 3.05) is 11.4 Å². The zero-order chi connectivity index (χ0) is 15.4. The molecule has 2 aromatic carbocycles. The molecule has 2 nitrogen and oxygen atoms in total. The van der Waals surface area contributed by atoms with Crippen LogP contribution in [-0.4, -0.2) is 12.6 Å². The van der Waals surface area contributed by atoms with E-state index in [0.29, 0.717) is 18.7 Å². The SMILES string of the molecule is CCN(c1cccc(C)c1)c1c(F)cccc1CC(C)N. The molecule has 0 saturated carbocycles. The summed E-state index contributed by atoms with van der Waals surface area (Å²) in [5.41, 5.74) is 9.67. The highest BCUT2D eigenvalue weighted by molar-refractivity contribution is 5.67. The summed E-state index contributed by atoms with van der Waals surface area (Å²) in [5, 5.41) is 0. The second-order valence-electron chi connectivity index (χ2n) is 5.51. The molecule has 0 aliphatic rings. The second kappa shape index (κ2) is 6.72. The minimum Gasteiger partial charge on any atom is -0.339 e. The molecule has 21 heavy (non-hydrogen) atoms. The maximum absolute atomic E-state index is 14.4. The highest BCUT2D eigenvalue weighted by Crippen LogP contribution is 2.32. The van der Waals surface area contributed by atoms with E-state index in [1.807, 2.05) is 49.9 Å². The maximum Gasteiger partial charge on any atom is 0.147 e. The van der Waals surface area contributed by atoms with E-state index in [9.17, 15) is 4.39 Å². The van der Waals surface area contributed by atoms with Crippen LogP contribution in [-0.2, 0) is 6.42 Å². The Kier molecular flexibility index (Phi) is 4.97. The molecule has 0 aliphatic heterocycles. The van der Waals surface area contributed by atoms with Crippen molar-refractivity contribution in [1.29, 1.82) is 0 Å². The Morgan fingerprint density at radius 2 is 1.90 bits per heavy atom. The Balaban J connectivity index is 2.51. The van der Waals surface area contributed by atoms with Crippen LogP contribution in [0.1, 0.15) is 25.0 Å². The molecule has 0 aromatic heterocycles. The molecule has 1 atom stereocenters. The Morgan fingerprint density at radius 3 is 2.52 bits per heavy atom. The highest BCUT2D eigenvalue weighted by Gasteiger charge is 2.17. The minimum absolute atomic E-state index is 0.00163. The minimum atomic E-state index is -0.198. The summed E-state index contributed by atoms with van der Waals surface area (Å²) in [6, 6.07) is 13.4. The zero-order valence-electron chi connectivity index (χ0n) is 12.9. The van der Waals surface area contributed by atoms with Gasteiger partial charge < -0.3 is 10.6 Å². The lowest BCUT2D eigenvalue weighted by Crippen LogP contribution is -2.23. The molecule has 0 bridgehead atoms. The van der Waals surface area contributed by atoms with E-state index in [0.717, 1.165) is 16.8 Å². The molecule has 0 spiro atoms. The van der Waals surface area contributed by atoms with E-state index >= 15 is 0 Å². The van der Waals surface area contributed by atoms with Crippen LogP contribution < -0.4 is 10.6 Å². The maximum atomic E-state index is 14.4. The molecule has 0 heterocycles. The summed E-state index contributed by atoms with van der Waals surface area (Å²) in [6.45, 7) is 6.72. The van der Waals surface area contributed by atoms with Gasteiger partial charge >= 0.3 is 0 Å². The van der Waals surface area contributed by atoms with Crippen molar-refractivity contribution in [2.24, 2.45) is 5.73 Å². The Labute approximate surface area is 126 Å². The van der Waals surface area contributed by atoms with Gasteiger partial charge in [0.2, 0.25) is 0 Å². The van der Waals surface area contributed by atoms with Crippen LogP contribution in [0.5, 0.6) is 0 Å². The van der Waals surface area contributed by atoms with Crippen LogP contribution in [0.15, 0.2) is 42.5 Å². The number of nitrogens with zero attached hydrogens (tertiary/aromatic N) is 1. The fraction of sp³-hybridized carbons (Fsp3) is 0.333. The third kappa shape index (κ3) is 3.61. The van der Waals surface area contributed by atoms with Gasteiger partial charge in [0.25, 0.3) is 0 Å². The number of nitrogens with two attached hydrogens (primary N) is 1. The lowest BCUT2D eigenvalue weighted by Gasteiger charge is -2.27. The lowest BCUT2D eigenvalue weighted by molar-refractivity contribution is 0.620. The number of rotatable bonds is 5. The van der Waals surface area contributed by atoms with Crippen LogP contribution in [0, 0.1) is 12.7 Å². The topological polar surface area (TPSA) is 29.3 Å². The van der Waals surface area contributed by atoms with E-state index in [1.165, 1.54) is 6.07 Å². The van der Waals surface area contributed by atoms with Gasteiger partial charge in [0.15, 0.2) is 0 Å². The van der Waals surface area contributed by atoms with E-state index in [4.69, 9.17) is 5.73 Å². The number of halogens is 1. The molecule has 0 fully saturated rings. The van der Waals surface area contributed by atoms with Gasteiger partial charge in [-0.2, -0.15) is 0 Å². The fourth-order valence-corrected chi connectivity index (χ4v) is 2.64. The van der Waals surface area contributed by atoms with Gasteiger partial charge in [0.05, 0.1) is 5.69 Å². The molecule has 112 valence electrons. The van der Waals surface area contributed by atoms with Gasteiger partial charge in [-0.05, 0) is 56.5 Å². The number of anilines is 2. The summed E-state index contributed by atoms with van der Waals surface area (Å²) in [5.74, 6) is -0.198. The van der Waals surface area contributed by atoms with Crippen LogP contribution in [0.4, 0.5) is 15.8 Å². The Bertz CT molecular complexity index is 608. The third-order valence-corrected chi connectivity index (χ3v) is 3.51. The van der Waals surface area contributed by atoms with E-state index in [-0.39, 0.29) is 11.9 Å². The standard InChI is InChI=1S/C18H23FN2/c1-4-21(16-9-5-7-13(2)11-16)18-15(12-14(3)20)8-6-10-17(18)19/h5-11,14H,4,12,20H2,1-3H3. The summed E-state index contributed by atoms with van der Waals surface area (Å²) in [7, 11) is 0. The number of benzene rings is 2. The summed E-state index contributed by atoms with van der Waals surface area (Å²) in [4.78, 5) is 2.01. The van der Waals surface area contributed by atoms with Crippen molar-refractivity contribution in [2.45, 2.75) is 33.2 Å². The smallest absolute Gasteiger partial charge is 0.147 e. The van der Waals surface area contributed by atoms with Crippen molar-refractivity contribution >= 4 is 11.4 Å². The van der Waals surface area contributed by atoms with Crippen molar-refractivity contribution in [3.8, 4) is 0 Å². The molecular weight excluding hydrogens is 263 g/mol. The summed E-state index contributed by atoms with van der Waals surface area (Å²) >= 11 is 0. The predicted octanol–water partition coefficient (Wildman–Crippen LogP) is 4.18. The molecule has 0 radical (unpaired) electrons. The third-order valence-electron chi connectivity index (χ3n) is 3.51. The molecule has 0 saturated heterocycles. The van der Waals surface area contributed by atoms with Crippen LogP contribution >= 0.6 is 0 Å². The van der Waals surface area contributed by atoms with Crippen LogP contribution in [0.2, 0.25) is 0 Å². The van der Waals surface area contributed by atoms with Crippen molar-refractivity contribution in [3.05, 3.63) is 59.4 Å². The molecule has 0 aliphatic carbocycles. The molecule has 2 N–H and O–H groups in total. The van der Waals surface area contributed by atoms with Gasteiger partial charge in [-0.1, -0.05) is 24.3 Å². The Hall–Kier alpha value is -1.87. The van der Waals surface area contributed by atoms with Gasteiger partial charge in [-0.3, -0.25) is 0 Å². The van der Waals surface area contributed by atoms with Crippen molar-refractivity contribution in [3.63, 3.8) is 0 Å². The number of para-hydroxylation sites is 1. The molecular formula is C18H23FN2. The number of hydrogen-bond acceptors (Lipinski definition) is 2. The highest BCUT2D eigenvalue weighted by atomic mass is 19.1. The fourth-order valence-electron chi connectivity index (χ4n) is 2.64. The number of aryl methyl sites for hydroxylation is 1. The van der Waals surface area contributed by atoms with Crippen molar-refractivity contribution < 1.29 is 4.39 Å². The van der Waals surface area contributed by atoms with E-state index in [1.54, 1.807) is 6.07 Å². The van der Waals surface area contributed by atoms with Gasteiger partial charge in [-0.25, -0.2) is 4.39 Å². The number of hydrogen-bond donors (Lipinski definition) is 1. The monoisotopic (exact) mass is 286 g/mol. The Morgan fingerprint density at radius 1 is 1.19 bits per heavy atom. The van der Waals surface area contributed by atoms with E-state index in [2.05, 4.69) is 6.07 Å². The lowest BCUT2D eigenvalue weighted by atomic mass is 10.0. The zero-order valence-corrected chi connectivity index (χ0v) is 12.9. The first-order chi connectivity index (χ1) is 10.0. The first-order valence-corrected chi connectivity index (χ1v) is 7.40. The molecule has 1 unspecified atom stereocenters. The van der Waals surface area contributed by atoms with E-state index < -0.39 is 0 Å². The molecule has 2 rings (SSSR count). The largest absolute Gasteiger partial charge is 0.339 e. The quantitative estimate of drug-likeness (QED) is 0.893. The van der Waals surface area contributed by atoms with Gasteiger partial charge in [0.1, 0.15) is 5.82 Å². The molecule has 2 aromatic rings. The predicted molar refractivity (Wildman–Crippen MR) is 87.6 cm³/mol. The van der Waals surface area contributed by atoms with Crippen LogP contribution in [0.3, 0.4) is 0 Å². The van der Waals surface area contributed by atoms with Gasteiger partial charge in [0, 0.05) is 18.3 Å². The van der Waals surface area contributed by atoms with Crippen LogP contribution in [0.25, 0.3) is 0 Å². The molecule has 3 heteroatoms. The second-order valence-corrected chi connectivity index (χ2v) is 5.51. The average Bonchev–Trinajstić information content (AvgIpc) is 2.42. The first kappa shape index (κ1) is 15.5. The first-order valence-electron chi connectivity index (χ1n) is 7.40. The average molecular weight is 286 g/mol. The van der Waals surface area contributed by atoms with Gasteiger partial charge in [-0.15, -0.1) is 0 Å².